The largest absolute Gasteiger partial charge is 0.508 e. The van der Waals surface area contributed by atoms with Crippen LogP contribution in [0.3, 0.4) is 0 Å². The van der Waals surface area contributed by atoms with Gasteiger partial charge in [0.25, 0.3) is 0 Å². The second-order valence-corrected chi connectivity index (χ2v) is 8.59. The zero-order valence-corrected chi connectivity index (χ0v) is 19.7. The molecular formula is C23H37N3O5. The summed E-state index contributed by atoms with van der Waals surface area (Å²) in [4.78, 5) is 39.8. The monoisotopic (exact) mass is 435 g/mol. The summed E-state index contributed by atoms with van der Waals surface area (Å²) in [6.07, 6.45) is 1.05. The molecule has 3 N–H and O–H groups in total. The molecular weight excluding hydrogens is 398 g/mol. The molecule has 0 aliphatic rings. The highest BCUT2D eigenvalue weighted by molar-refractivity contribution is 5.92. The van der Waals surface area contributed by atoms with Gasteiger partial charge in [-0.15, -0.1) is 0 Å². The number of hydrogen-bond donors (Lipinski definition) is 3. The maximum Gasteiger partial charge on any atom is 0.408 e. The lowest BCUT2D eigenvalue weighted by Gasteiger charge is -2.33. The normalized spacial score (nSPS) is 13.1. The van der Waals surface area contributed by atoms with E-state index >= 15 is 0 Å². The third-order valence-corrected chi connectivity index (χ3v) is 4.65. The van der Waals surface area contributed by atoms with Crippen molar-refractivity contribution in [2.45, 2.75) is 79.0 Å². The van der Waals surface area contributed by atoms with Crippen molar-refractivity contribution in [1.29, 1.82) is 0 Å². The summed E-state index contributed by atoms with van der Waals surface area (Å²) in [5.74, 6) is -0.601. The topological polar surface area (TPSA) is 108 Å². The Bertz CT molecular complexity index is 773. The summed E-state index contributed by atoms with van der Waals surface area (Å²) in [5, 5.41) is 15.3. The lowest BCUT2D eigenvalue weighted by atomic mass is 10.0. The SMILES string of the molecule is CCCCNC(=O)C(c1ccc(O)c(C)c1)N(CC)C(=O)C(C)NC(=O)OC(C)(C)C. The Morgan fingerprint density at radius 2 is 1.84 bits per heavy atom. The maximum atomic E-state index is 13.2. The van der Waals surface area contributed by atoms with Crippen molar-refractivity contribution in [3.63, 3.8) is 0 Å². The first-order valence-electron chi connectivity index (χ1n) is 10.8. The number of hydrogen-bond acceptors (Lipinski definition) is 5. The van der Waals surface area contributed by atoms with Crippen LogP contribution in [0.4, 0.5) is 4.79 Å². The van der Waals surface area contributed by atoms with Crippen LogP contribution in [0.25, 0.3) is 0 Å². The lowest BCUT2D eigenvalue weighted by Crippen LogP contribution is -2.51. The average Bonchev–Trinajstić information content (AvgIpc) is 2.66. The molecule has 1 aromatic rings. The molecule has 0 heterocycles. The molecule has 3 amide bonds. The summed E-state index contributed by atoms with van der Waals surface area (Å²) < 4.78 is 5.23. The number of carbonyl (C=O) groups excluding carboxylic acids is 3. The van der Waals surface area contributed by atoms with E-state index < -0.39 is 29.7 Å². The van der Waals surface area contributed by atoms with Crippen molar-refractivity contribution in [2.24, 2.45) is 0 Å². The second-order valence-electron chi connectivity index (χ2n) is 8.59. The average molecular weight is 436 g/mol. The number of phenolic OH excluding ortho intramolecular Hbond substituents is 1. The Labute approximate surface area is 185 Å². The molecule has 31 heavy (non-hydrogen) atoms. The Morgan fingerprint density at radius 3 is 2.35 bits per heavy atom. The number of aryl methyl sites for hydroxylation is 1. The van der Waals surface area contributed by atoms with Gasteiger partial charge < -0.3 is 25.4 Å². The summed E-state index contributed by atoms with van der Waals surface area (Å²) in [5.41, 5.74) is 0.499. The fourth-order valence-electron chi connectivity index (χ4n) is 3.07. The number of phenols is 1. The Kier molecular flexibility index (Phi) is 9.81. The molecule has 1 rings (SSSR count). The van der Waals surface area contributed by atoms with E-state index in [1.165, 1.54) is 11.0 Å². The number of nitrogens with one attached hydrogen (secondary N) is 2. The van der Waals surface area contributed by atoms with E-state index in [9.17, 15) is 19.5 Å². The highest BCUT2D eigenvalue weighted by Crippen LogP contribution is 2.27. The number of amides is 3. The standard InChI is InChI=1S/C23H37N3O5/c1-8-10-13-24-20(28)19(17-11-12-18(27)15(3)14-17)26(9-2)21(29)16(4)25-22(30)31-23(5,6)7/h11-12,14,16,19,27H,8-10,13H2,1-7H3,(H,24,28)(H,25,30). The van der Waals surface area contributed by atoms with Crippen LogP contribution in [-0.4, -0.2) is 52.6 Å². The molecule has 0 fully saturated rings. The molecule has 0 aromatic heterocycles. The fourth-order valence-corrected chi connectivity index (χ4v) is 3.07. The molecule has 8 heteroatoms. The van der Waals surface area contributed by atoms with Gasteiger partial charge >= 0.3 is 6.09 Å². The van der Waals surface area contributed by atoms with Crippen molar-refractivity contribution >= 4 is 17.9 Å². The minimum atomic E-state index is -0.892. The van der Waals surface area contributed by atoms with Crippen molar-refractivity contribution in [2.75, 3.05) is 13.1 Å². The molecule has 0 saturated carbocycles. The molecule has 0 aliphatic heterocycles. The number of aromatic hydroxyl groups is 1. The summed E-state index contributed by atoms with van der Waals surface area (Å²) in [6, 6.07) is 3.06. The Morgan fingerprint density at radius 1 is 1.19 bits per heavy atom. The summed E-state index contributed by atoms with van der Waals surface area (Å²) >= 11 is 0. The van der Waals surface area contributed by atoms with Crippen LogP contribution in [0, 0.1) is 6.92 Å². The van der Waals surface area contributed by atoms with Crippen molar-refractivity contribution in [3.05, 3.63) is 29.3 Å². The quantitative estimate of drug-likeness (QED) is 0.515. The van der Waals surface area contributed by atoms with Crippen molar-refractivity contribution in [1.82, 2.24) is 15.5 Å². The summed E-state index contributed by atoms with van der Waals surface area (Å²) in [7, 11) is 0. The van der Waals surface area contributed by atoms with Crippen LogP contribution in [0.15, 0.2) is 18.2 Å². The van der Waals surface area contributed by atoms with Gasteiger partial charge in [-0.1, -0.05) is 19.4 Å². The molecule has 0 saturated heterocycles. The molecule has 1 aromatic carbocycles. The predicted octanol–water partition coefficient (Wildman–Crippen LogP) is 3.42. The maximum absolute atomic E-state index is 13.2. The second kappa shape index (κ2) is 11.6. The Hall–Kier alpha value is -2.77. The number of rotatable bonds is 9. The number of ether oxygens (including phenoxy) is 1. The van der Waals surface area contributed by atoms with E-state index in [1.807, 2.05) is 6.92 Å². The highest BCUT2D eigenvalue weighted by atomic mass is 16.6. The van der Waals surface area contributed by atoms with Crippen LogP contribution in [0.1, 0.15) is 71.6 Å². The van der Waals surface area contributed by atoms with Gasteiger partial charge in [0.1, 0.15) is 23.4 Å². The molecule has 0 radical (unpaired) electrons. The predicted molar refractivity (Wildman–Crippen MR) is 120 cm³/mol. The van der Waals surface area contributed by atoms with Crippen molar-refractivity contribution in [3.8, 4) is 5.75 Å². The van der Waals surface area contributed by atoms with E-state index in [1.54, 1.807) is 53.7 Å². The Balaban J connectivity index is 3.16. The molecule has 174 valence electrons. The first-order chi connectivity index (χ1) is 14.4. The van der Waals surface area contributed by atoms with Crippen LogP contribution < -0.4 is 10.6 Å². The fraction of sp³-hybridized carbons (Fsp3) is 0.609. The third kappa shape index (κ3) is 8.11. The molecule has 2 unspecified atom stereocenters. The zero-order valence-electron chi connectivity index (χ0n) is 19.7. The van der Waals surface area contributed by atoms with Crippen LogP contribution in [0.2, 0.25) is 0 Å². The molecule has 8 nitrogen and oxygen atoms in total. The highest BCUT2D eigenvalue weighted by Gasteiger charge is 2.33. The number of nitrogens with zero attached hydrogens (tertiary/aromatic N) is 1. The van der Waals surface area contributed by atoms with Gasteiger partial charge in [-0.05, 0) is 71.2 Å². The minimum Gasteiger partial charge on any atom is -0.508 e. The van der Waals surface area contributed by atoms with Crippen LogP contribution in [-0.2, 0) is 14.3 Å². The van der Waals surface area contributed by atoms with Gasteiger partial charge in [0.15, 0.2) is 0 Å². The van der Waals surface area contributed by atoms with Gasteiger partial charge in [-0.2, -0.15) is 0 Å². The summed E-state index contributed by atoms with van der Waals surface area (Å²) in [6.45, 7) is 13.1. The molecule has 0 bridgehead atoms. The van der Waals surface area contributed by atoms with Crippen LogP contribution in [0.5, 0.6) is 5.75 Å². The smallest absolute Gasteiger partial charge is 0.408 e. The first kappa shape index (κ1) is 26.3. The van der Waals surface area contributed by atoms with E-state index in [0.717, 1.165) is 12.8 Å². The lowest BCUT2D eigenvalue weighted by molar-refractivity contribution is -0.141. The molecule has 2 atom stereocenters. The van der Waals surface area contributed by atoms with E-state index in [4.69, 9.17) is 4.74 Å². The van der Waals surface area contributed by atoms with E-state index in [2.05, 4.69) is 10.6 Å². The van der Waals surface area contributed by atoms with E-state index in [0.29, 0.717) is 17.7 Å². The van der Waals surface area contributed by atoms with E-state index in [-0.39, 0.29) is 18.2 Å². The number of alkyl carbamates (subject to hydrolysis) is 1. The van der Waals surface area contributed by atoms with Gasteiger partial charge in [0.05, 0.1) is 0 Å². The van der Waals surface area contributed by atoms with Gasteiger partial charge in [-0.25, -0.2) is 4.79 Å². The number of carbonyl (C=O) groups is 3. The molecule has 0 spiro atoms. The third-order valence-electron chi connectivity index (χ3n) is 4.65. The number of unbranched alkanes of at least 4 members (excludes halogenated alkanes) is 1. The molecule has 0 aliphatic carbocycles. The first-order valence-corrected chi connectivity index (χ1v) is 10.8. The number of benzene rings is 1. The van der Waals surface area contributed by atoms with Crippen LogP contribution >= 0.6 is 0 Å². The minimum absolute atomic E-state index is 0.114. The number of likely N-dealkylation sites (N-methyl/N-ethyl adjacent to an activating group) is 1. The zero-order chi connectivity index (χ0) is 23.8. The van der Waals surface area contributed by atoms with Gasteiger partial charge in [-0.3, -0.25) is 9.59 Å². The van der Waals surface area contributed by atoms with Crippen molar-refractivity contribution < 1.29 is 24.2 Å². The van der Waals surface area contributed by atoms with Gasteiger partial charge in [0.2, 0.25) is 11.8 Å². The van der Waals surface area contributed by atoms with Gasteiger partial charge in [0, 0.05) is 13.1 Å².